The van der Waals surface area contributed by atoms with Crippen LogP contribution in [0.15, 0.2) is 24.4 Å². The summed E-state index contributed by atoms with van der Waals surface area (Å²) >= 11 is 5.69. The summed E-state index contributed by atoms with van der Waals surface area (Å²) in [5.74, 6) is 0.635. The molecule has 0 atom stereocenters. The minimum absolute atomic E-state index is 0.0318. The van der Waals surface area contributed by atoms with Crippen LogP contribution in [0.4, 0.5) is 0 Å². The lowest BCUT2D eigenvalue weighted by atomic mass is 10.4. The second-order valence-corrected chi connectivity index (χ2v) is 3.48. The van der Waals surface area contributed by atoms with Crippen LogP contribution < -0.4 is 0 Å². The summed E-state index contributed by atoms with van der Waals surface area (Å²) in [7, 11) is 0. The number of hydrogen-bond donors (Lipinski definition) is 1. The molecule has 4 heteroatoms. The Labute approximate surface area is 74.7 Å². The van der Waals surface area contributed by atoms with Crippen LogP contribution in [0.5, 0.6) is 0 Å². The van der Waals surface area contributed by atoms with Crippen molar-refractivity contribution in [2.75, 3.05) is 0 Å². The molecule has 0 fully saturated rings. The molecule has 0 aliphatic rings. The molecule has 0 radical (unpaired) electrons. The Morgan fingerprint density at radius 3 is 3.00 bits per heavy atom. The van der Waals surface area contributed by atoms with E-state index in [1.165, 1.54) is 11.8 Å². The van der Waals surface area contributed by atoms with Gasteiger partial charge in [0.1, 0.15) is 0 Å². The Morgan fingerprint density at radius 2 is 2.45 bits per heavy atom. The van der Waals surface area contributed by atoms with Crippen LogP contribution in [0.1, 0.15) is 5.69 Å². The number of thiocarbonyl (C=S) groups is 1. The maximum Gasteiger partial charge on any atom is 0.217 e. The Hall–Kier alpha value is -0.610. The van der Waals surface area contributed by atoms with Gasteiger partial charge in [0, 0.05) is 11.9 Å². The van der Waals surface area contributed by atoms with E-state index in [0.717, 1.165) is 5.69 Å². The van der Waals surface area contributed by atoms with Gasteiger partial charge >= 0.3 is 0 Å². The fourth-order valence-corrected chi connectivity index (χ4v) is 1.24. The average molecular weight is 185 g/mol. The summed E-state index contributed by atoms with van der Waals surface area (Å²) in [5.41, 5.74) is 0.925. The van der Waals surface area contributed by atoms with Gasteiger partial charge in [0.15, 0.2) is 0 Å². The van der Waals surface area contributed by atoms with Gasteiger partial charge in [-0.1, -0.05) is 17.8 Å². The molecule has 0 saturated carbocycles. The first-order valence-corrected chi connectivity index (χ1v) is 4.44. The van der Waals surface area contributed by atoms with Crippen molar-refractivity contribution in [3.05, 3.63) is 30.1 Å². The molecule has 0 saturated heterocycles. The van der Waals surface area contributed by atoms with Crippen LogP contribution in [-0.4, -0.2) is 14.5 Å². The van der Waals surface area contributed by atoms with Gasteiger partial charge in [-0.25, -0.2) is 0 Å². The predicted molar refractivity (Wildman–Crippen MR) is 50.8 cm³/mol. The number of rotatable bonds is 2. The van der Waals surface area contributed by atoms with E-state index in [1.807, 2.05) is 18.2 Å². The largest absolute Gasteiger partial charge is 0.494 e. The van der Waals surface area contributed by atoms with E-state index >= 15 is 0 Å². The summed E-state index contributed by atoms with van der Waals surface area (Å²) in [5, 5.41) is 8.68. The number of hydrogen-bond acceptors (Lipinski definition) is 3. The van der Waals surface area contributed by atoms with Crippen molar-refractivity contribution in [3.8, 4) is 0 Å². The van der Waals surface area contributed by atoms with E-state index in [2.05, 4.69) is 17.2 Å². The molecule has 1 aromatic rings. The number of aromatic nitrogens is 1. The molecule has 11 heavy (non-hydrogen) atoms. The SMILES string of the molecule is OC(=S)SCc1ccccn1. The summed E-state index contributed by atoms with van der Waals surface area (Å²) in [6.07, 6.45) is 1.72. The summed E-state index contributed by atoms with van der Waals surface area (Å²) < 4.78 is -0.0318. The summed E-state index contributed by atoms with van der Waals surface area (Å²) in [4.78, 5) is 4.06. The Kier molecular flexibility index (Phi) is 3.32. The molecule has 0 aromatic carbocycles. The van der Waals surface area contributed by atoms with E-state index in [-0.39, 0.29) is 4.38 Å². The second kappa shape index (κ2) is 4.31. The van der Waals surface area contributed by atoms with Crippen molar-refractivity contribution >= 4 is 28.4 Å². The highest BCUT2D eigenvalue weighted by Gasteiger charge is 1.95. The van der Waals surface area contributed by atoms with Gasteiger partial charge in [-0.3, -0.25) is 4.98 Å². The van der Waals surface area contributed by atoms with E-state index < -0.39 is 0 Å². The molecule has 0 spiro atoms. The average Bonchev–Trinajstić information content (AvgIpc) is 2.03. The van der Waals surface area contributed by atoms with Gasteiger partial charge in [0.25, 0.3) is 0 Å². The van der Waals surface area contributed by atoms with Crippen LogP contribution in [0.3, 0.4) is 0 Å². The maximum absolute atomic E-state index is 8.68. The lowest BCUT2D eigenvalue weighted by Gasteiger charge is -1.95. The molecule has 0 amide bonds. The normalized spacial score (nSPS) is 9.45. The minimum Gasteiger partial charge on any atom is -0.494 e. The number of nitrogens with zero attached hydrogens (tertiary/aromatic N) is 1. The molecule has 1 heterocycles. The Morgan fingerprint density at radius 1 is 1.64 bits per heavy atom. The van der Waals surface area contributed by atoms with E-state index in [1.54, 1.807) is 6.20 Å². The van der Waals surface area contributed by atoms with Crippen molar-refractivity contribution < 1.29 is 5.11 Å². The van der Waals surface area contributed by atoms with Gasteiger partial charge in [0.2, 0.25) is 4.38 Å². The highest BCUT2D eigenvalue weighted by molar-refractivity contribution is 8.21. The molecule has 2 nitrogen and oxygen atoms in total. The third-order valence-electron chi connectivity index (χ3n) is 1.07. The van der Waals surface area contributed by atoms with Gasteiger partial charge in [-0.2, -0.15) is 0 Å². The van der Waals surface area contributed by atoms with Crippen molar-refractivity contribution in [1.29, 1.82) is 0 Å². The number of pyridine rings is 1. The first-order chi connectivity index (χ1) is 5.29. The quantitative estimate of drug-likeness (QED) is 0.716. The number of thioether (sulfide) groups is 1. The molecule has 0 unspecified atom stereocenters. The fraction of sp³-hybridized carbons (Fsp3) is 0.143. The first kappa shape index (κ1) is 8.49. The molecule has 0 aliphatic heterocycles. The van der Waals surface area contributed by atoms with Crippen LogP contribution in [-0.2, 0) is 5.75 Å². The minimum atomic E-state index is -0.0318. The zero-order valence-electron chi connectivity index (χ0n) is 5.73. The molecule has 1 aromatic heterocycles. The highest BCUT2D eigenvalue weighted by atomic mass is 32.2. The second-order valence-electron chi connectivity index (χ2n) is 1.88. The molecule has 0 aliphatic carbocycles. The van der Waals surface area contributed by atoms with Crippen LogP contribution >= 0.6 is 24.0 Å². The van der Waals surface area contributed by atoms with E-state index in [4.69, 9.17) is 5.11 Å². The Bertz CT molecular complexity index is 237. The third kappa shape index (κ3) is 3.34. The maximum atomic E-state index is 8.68. The number of aliphatic hydroxyl groups excluding tert-OH is 1. The smallest absolute Gasteiger partial charge is 0.217 e. The predicted octanol–water partition coefficient (Wildman–Crippen LogP) is 2.16. The van der Waals surface area contributed by atoms with Crippen LogP contribution in [0.25, 0.3) is 0 Å². The third-order valence-corrected chi connectivity index (χ3v) is 2.11. The summed E-state index contributed by atoms with van der Waals surface area (Å²) in [6.45, 7) is 0. The molecule has 0 bridgehead atoms. The summed E-state index contributed by atoms with van der Waals surface area (Å²) in [6, 6.07) is 5.65. The molecule has 1 N–H and O–H groups in total. The lowest BCUT2D eigenvalue weighted by molar-refractivity contribution is 0.585. The van der Waals surface area contributed by atoms with Crippen LogP contribution in [0.2, 0.25) is 0 Å². The zero-order chi connectivity index (χ0) is 8.10. The fourth-order valence-electron chi connectivity index (χ4n) is 0.619. The van der Waals surface area contributed by atoms with Crippen molar-refractivity contribution in [1.82, 2.24) is 4.98 Å². The first-order valence-electron chi connectivity index (χ1n) is 3.04. The zero-order valence-corrected chi connectivity index (χ0v) is 7.36. The van der Waals surface area contributed by atoms with Crippen molar-refractivity contribution in [3.63, 3.8) is 0 Å². The van der Waals surface area contributed by atoms with Gasteiger partial charge in [0.05, 0.1) is 5.69 Å². The number of aliphatic hydroxyl groups is 1. The van der Waals surface area contributed by atoms with Crippen molar-refractivity contribution in [2.24, 2.45) is 0 Å². The topological polar surface area (TPSA) is 33.1 Å². The van der Waals surface area contributed by atoms with Crippen molar-refractivity contribution in [2.45, 2.75) is 5.75 Å². The van der Waals surface area contributed by atoms with E-state index in [9.17, 15) is 0 Å². The molecule has 58 valence electrons. The highest BCUT2D eigenvalue weighted by Crippen LogP contribution is 2.09. The molecular formula is C7H7NOS2. The van der Waals surface area contributed by atoms with Gasteiger partial charge < -0.3 is 5.11 Å². The Balaban J connectivity index is 2.45. The van der Waals surface area contributed by atoms with Gasteiger partial charge in [-0.05, 0) is 24.4 Å². The molecular weight excluding hydrogens is 178 g/mol. The lowest BCUT2D eigenvalue weighted by Crippen LogP contribution is -1.88. The standard InChI is InChI=1S/C7H7NOS2/c9-7(10)11-5-6-3-1-2-4-8-6/h1-4H,5H2,(H,9,10). The molecule has 1 rings (SSSR count). The van der Waals surface area contributed by atoms with Crippen LogP contribution in [0, 0.1) is 0 Å². The van der Waals surface area contributed by atoms with Gasteiger partial charge in [-0.15, -0.1) is 0 Å². The van der Waals surface area contributed by atoms with E-state index in [0.29, 0.717) is 5.75 Å². The monoisotopic (exact) mass is 185 g/mol.